The minimum Gasteiger partial charge on any atom is -0.496 e. The van der Waals surface area contributed by atoms with E-state index in [0.717, 1.165) is 63.5 Å². The van der Waals surface area contributed by atoms with Gasteiger partial charge in [0.15, 0.2) is 0 Å². The number of para-hydroxylation sites is 1. The van der Waals surface area contributed by atoms with Crippen molar-refractivity contribution in [2.75, 3.05) is 26.0 Å². The van der Waals surface area contributed by atoms with Crippen LogP contribution in [0.15, 0.2) is 41.4 Å². The highest BCUT2D eigenvalue weighted by molar-refractivity contribution is 7.99. The van der Waals surface area contributed by atoms with Crippen molar-refractivity contribution in [2.45, 2.75) is 31.7 Å². The maximum Gasteiger partial charge on any atom is 0.232 e. The van der Waals surface area contributed by atoms with Gasteiger partial charge in [0.1, 0.15) is 21.5 Å². The van der Waals surface area contributed by atoms with E-state index in [2.05, 4.69) is 17.1 Å². The number of amides is 1. The zero-order valence-corrected chi connectivity index (χ0v) is 19.6. The molecule has 1 saturated heterocycles. The Morgan fingerprint density at radius 2 is 1.97 bits per heavy atom. The third kappa shape index (κ3) is 5.07. The van der Waals surface area contributed by atoms with Crippen molar-refractivity contribution >= 4 is 29.0 Å². The molecule has 1 fully saturated rings. The van der Waals surface area contributed by atoms with Crippen molar-refractivity contribution in [3.8, 4) is 26.9 Å². The molecular weight excluding hydrogens is 428 g/mol. The molecule has 31 heavy (non-hydrogen) atoms. The van der Waals surface area contributed by atoms with Gasteiger partial charge in [-0.25, -0.2) is 4.98 Å². The van der Waals surface area contributed by atoms with Gasteiger partial charge in [-0.05, 0) is 49.9 Å². The summed E-state index contributed by atoms with van der Waals surface area (Å²) in [6.07, 6.45) is 2.19. The molecule has 162 valence electrons. The van der Waals surface area contributed by atoms with E-state index in [9.17, 15) is 4.79 Å². The summed E-state index contributed by atoms with van der Waals surface area (Å²) in [5.41, 5.74) is 2.67. The average molecular weight is 455 g/mol. The molecule has 0 saturated carbocycles. The van der Waals surface area contributed by atoms with Gasteiger partial charge in [-0.1, -0.05) is 30.8 Å². The lowest BCUT2D eigenvalue weighted by Gasteiger charge is -2.30. The van der Waals surface area contributed by atoms with Gasteiger partial charge in [-0.15, -0.1) is 21.5 Å². The summed E-state index contributed by atoms with van der Waals surface area (Å²) in [6, 6.07) is 11.7. The first-order chi connectivity index (χ1) is 15.0. The number of likely N-dealkylation sites (tertiary alicyclic amines) is 1. The molecule has 1 aliphatic heterocycles. The first-order valence-electron chi connectivity index (χ1n) is 10.4. The third-order valence-electron chi connectivity index (χ3n) is 5.49. The first kappa shape index (κ1) is 21.8. The number of nitrogens with zero attached hydrogens (tertiary/aromatic N) is 4. The Bertz CT molecular complexity index is 1040. The molecular formula is C23H26N4O2S2. The van der Waals surface area contributed by atoms with Gasteiger partial charge >= 0.3 is 0 Å². The van der Waals surface area contributed by atoms with Crippen LogP contribution in [-0.4, -0.2) is 51.9 Å². The van der Waals surface area contributed by atoms with Gasteiger partial charge < -0.3 is 9.64 Å². The van der Waals surface area contributed by atoms with Gasteiger partial charge in [0, 0.05) is 13.1 Å². The minimum atomic E-state index is 0.183. The first-order valence-corrected chi connectivity index (χ1v) is 12.2. The summed E-state index contributed by atoms with van der Waals surface area (Å²) in [6.45, 7) is 5.96. The zero-order chi connectivity index (χ0) is 21.8. The number of aromatic nitrogens is 3. The topological polar surface area (TPSA) is 68.2 Å². The van der Waals surface area contributed by atoms with Crippen molar-refractivity contribution in [3.05, 3.63) is 42.1 Å². The fourth-order valence-corrected chi connectivity index (χ4v) is 5.35. The Labute approximate surface area is 191 Å². The van der Waals surface area contributed by atoms with E-state index >= 15 is 0 Å². The Hall–Kier alpha value is -2.45. The van der Waals surface area contributed by atoms with Crippen LogP contribution < -0.4 is 4.74 Å². The highest BCUT2D eigenvalue weighted by atomic mass is 32.2. The van der Waals surface area contributed by atoms with Crippen LogP contribution in [0.4, 0.5) is 0 Å². The molecule has 1 amide bonds. The minimum absolute atomic E-state index is 0.183. The number of carbonyl (C=O) groups is 1. The Kier molecular flexibility index (Phi) is 6.87. The lowest BCUT2D eigenvalue weighted by molar-refractivity contribution is -0.129. The molecule has 0 bridgehead atoms. The normalized spacial score (nSPS) is 14.6. The molecule has 0 atom stereocenters. The van der Waals surface area contributed by atoms with Crippen LogP contribution in [0.1, 0.15) is 25.5 Å². The number of rotatable bonds is 6. The number of aryl methyl sites for hydroxylation is 1. The number of methoxy groups -OCH3 is 1. The molecule has 3 aromatic rings. The van der Waals surface area contributed by atoms with Crippen molar-refractivity contribution in [1.29, 1.82) is 0 Å². The number of benzene rings is 1. The predicted octanol–water partition coefficient (Wildman–Crippen LogP) is 4.93. The maximum absolute atomic E-state index is 12.4. The highest BCUT2D eigenvalue weighted by Gasteiger charge is 2.20. The van der Waals surface area contributed by atoms with E-state index in [-0.39, 0.29) is 5.91 Å². The zero-order valence-electron chi connectivity index (χ0n) is 18.0. The van der Waals surface area contributed by atoms with Crippen molar-refractivity contribution < 1.29 is 9.53 Å². The molecule has 0 N–H and O–H groups in total. The fourth-order valence-electron chi connectivity index (χ4n) is 3.57. The molecule has 6 nitrogen and oxygen atoms in total. The summed E-state index contributed by atoms with van der Waals surface area (Å²) in [7, 11) is 1.67. The molecule has 1 aliphatic rings. The second-order valence-corrected chi connectivity index (χ2v) is 9.74. The molecule has 4 rings (SSSR count). The number of carbonyl (C=O) groups excluding carboxylic acids is 1. The molecule has 8 heteroatoms. The number of hydrogen-bond acceptors (Lipinski definition) is 7. The van der Waals surface area contributed by atoms with E-state index in [1.807, 2.05) is 48.2 Å². The summed E-state index contributed by atoms with van der Waals surface area (Å²) >= 11 is 3.02. The molecule has 1 aromatic carbocycles. The molecule has 0 spiro atoms. The molecule has 0 aliphatic carbocycles. The SMILES string of the molecule is COc1ccccc1-c1nc(C)c(-c2ccc(SCC(=O)N3CCC(C)CC3)nn2)s1. The molecule has 3 heterocycles. The fraction of sp³-hybridized carbons (Fsp3) is 0.391. The second-order valence-electron chi connectivity index (χ2n) is 7.74. The monoisotopic (exact) mass is 454 g/mol. The number of thiazole rings is 1. The predicted molar refractivity (Wildman–Crippen MR) is 126 cm³/mol. The van der Waals surface area contributed by atoms with Crippen LogP contribution in [0.3, 0.4) is 0 Å². The Morgan fingerprint density at radius 3 is 2.68 bits per heavy atom. The lowest BCUT2D eigenvalue weighted by atomic mass is 9.99. The number of piperidine rings is 1. The van der Waals surface area contributed by atoms with Crippen LogP contribution in [0.2, 0.25) is 0 Å². The molecule has 2 aromatic heterocycles. The van der Waals surface area contributed by atoms with Crippen LogP contribution in [0.25, 0.3) is 21.1 Å². The van der Waals surface area contributed by atoms with Gasteiger partial charge in [-0.2, -0.15) is 0 Å². The van der Waals surface area contributed by atoms with Crippen LogP contribution in [-0.2, 0) is 4.79 Å². The number of ether oxygens (including phenoxy) is 1. The van der Waals surface area contributed by atoms with Gasteiger partial charge in [-0.3, -0.25) is 4.79 Å². The van der Waals surface area contributed by atoms with Crippen LogP contribution in [0.5, 0.6) is 5.75 Å². The summed E-state index contributed by atoms with van der Waals surface area (Å²) < 4.78 is 5.47. The van der Waals surface area contributed by atoms with E-state index in [1.54, 1.807) is 18.4 Å². The van der Waals surface area contributed by atoms with Gasteiger partial charge in [0.2, 0.25) is 5.91 Å². The van der Waals surface area contributed by atoms with Crippen LogP contribution in [0, 0.1) is 12.8 Å². The van der Waals surface area contributed by atoms with Crippen LogP contribution >= 0.6 is 23.1 Å². The molecule has 0 radical (unpaired) electrons. The van der Waals surface area contributed by atoms with E-state index in [0.29, 0.717) is 11.7 Å². The maximum atomic E-state index is 12.4. The third-order valence-corrected chi connectivity index (χ3v) is 7.60. The summed E-state index contributed by atoms with van der Waals surface area (Å²) in [5, 5.41) is 10.4. The smallest absolute Gasteiger partial charge is 0.232 e. The van der Waals surface area contributed by atoms with Gasteiger partial charge in [0.05, 0.1) is 29.0 Å². The summed E-state index contributed by atoms with van der Waals surface area (Å²) in [5.74, 6) is 2.10. The quantitative estimate of drug-likeness (QED) is 0.492. The van der Waals surface area contributed by atoms with E-state index in [1.165, 1.54) is 11.8 Å². The number of hydrogen-bond donors (Lipinski definition) is 0. The largest absolute Gasteiger partial charge is 0.496 e. The van der Waals surface area contributed by atoms with Crippen molar-refractivity contribution in [2.24, 2.45) is 5.92 Å². The second kappa shape index (κ2) is 9.78. The average Bonchev–Trinajstić information content (AvgIpc) is 3.19. The van der Waals surface area contributed by atoms with E-state index in [4.69, 9.17) is 9.72 Å². The number of thioether (sulfide) groups is 1. The highest BCUT2D eigenvalue weighted by Crippen LogP contribution is 2.38. The Balaban J connectivity index is 1.43. The standard InChI is InChI=1S/C23H26N4O2S2/c1-15-10-12-27(13-11-15)21(28)14-30-20-9-8-18(25-26-20)22-16(2)24-23(31-22)17-6-4-5-7-19(17)29-3/h4-9,15H,10-14H2,1-3H3. The van der Waals surface area contributed by atoms with E-state index < -0.39 is 0 Å². The Morgan fingerprint density at radius 1 is 1.19 bits per heavy atom. The lowest BCUT2D eigenvalue weighted by Crippen LogP contribution is -2.38. The van der Waals surface area contributed by atoms with Crippen molar-refractivity contribution in [1.82, 2.24) is 20.1 Å². The molecule has 0 unspecified atom stereocenters. The van der Waals surface area contributed by atoms with Crippen molar-refractivity contribution in [3.63, 3.8) is 0 Å². The van der Waals surface area contributed by atoms with Gasteiger partial charge in [0.25, 0.3) is 0 Å². The summed E-state index contributed by atoms with van der Waals surface area (Å²) in [4.78, 5) is 20.1.